The lowest BCUT2D eigenvalue weighted by atomic mass is 10.1. The molecule has 21 heavy (non-hydrogen) atoms. The summed E-state index contributed by atoms with van der Waals surface area (Å²) < 4.78 is 2.93. The molecule has 0 amide bonds. The van der Waals surface area contributed by atoms with E-state index in [0.717, 1.165) is 32.0 Å². The average Bonchev–Trinajstić information content (AvgIpc) is 2.84. The van der Waals surface area contributed by atoms with Gasteiger partial charge in [-0.15, -0.1) is 11.6 Å². The van der Waals surface area contributed by atoms with E-state index >= 15 is 0 Å². The molecule has 0 saturated carbocycles. The summed E-state index contributed by atoms with van der Waals surface area (Å²) >= 11 is 15.8. The lowest BCUT2D eigenvalue weighted by Gasteiger charge is -2.18. The van der Waals surface area contributed by atoms with Crippen LogP contribution in [0.25, 0.3) is 11.2 Å². The Bertz CT molecular complexity index is 801. The zero-order valence-corrected chi connectivity index (χ0v) is 14.3. The minimum absolute atomic E-state index is 0.00567. The number of pyridine rings is 1. The normalized spacial score (nSPS) is 12.8. The van der Waals surface area contributed by atoms with E-state index in [-0.39, 0.29) is 6.04 Å². The minimum Gasteiger partial charge on any atom is -0.304 e. The maximum absolute atomic E-state index is 6.31. The third-order valence-electron chi connectivity index (χ3n) is 3.43. The number of fused-ring (bicyclic) bond motifs is 1. The fourth-order valence-corrected chi connectivity index (χ4v) is 3.26. The summed E-state index contributed by atoms with van der Waals surface area (Å²) in [5.74, 6) is 1.10. The Morgan fingerprint density at radius 1 is 1.33 bits per heavy atom. The van der Waals surface area contributed by atoms with Gasteiger partial charge < -0.3 is 4.57 Å². The summed E-state index contributed by atoms with van der Waals surface area (Å²) in [7, 11) is 0. The van der Waals surface area contributed by atoms with Gasteiger partial charge in [0.15, 0.2) is 5.65 Å². The Morgan fingerprint density at radius 3 is 2.81 bits per heavy atom. The second kappa shape index (κ2) is 5.95. The van der Waals surface area contributed by atoms with Gasteiger partial charge in [0, 0.05) is 15.7 Å². The topological polar surface area (TPSA) is 30.7 Å². The van der Waals surface area contributed by atoms with Crippen LogP contribution >= 0.6 is 39.1 Å². The van der Waals surface area contributed by atoms with Crippen molar-refractivity contribution in [2.24, 2.45) is 0 Å². The van der Waals surface area contributed by atoms with Crippen LogP contribution in [0.1, 0.15) is 24.4 Å². The van der Waals surface area contributed by atoms with Crippen LogP contribution in [0.4, 0.5) is 0 Å². The zero-order chi connectivity index (χ0) is 15.0. The predicted molar refractivity (Wildman–Crippen MR) is 90.1 cm³/mol. The molecule has 0 aliphatic rings. The molecule has 6 heteroatoms. The molecule has 0 N–H and O–H groups in total. The molecule has 3 aromatic rings. The van der Waals surface area contributed by atoms with Crippen LogP contribution in [0.5, 0.6) is 0 Å². The van der Waals surface area contributed by atoms with Crippen LogP contribution in [0.3, 0.4) is 0 Å². The number of hydrogen-bond donors (Lipinski definition) is 0. The van der Waals surface area contributed by atoms with E-state index in [4.69, 9.17) is 23.2 Å². The van der Waals surface area contributed by atoms with Crippen LogP contribution in [0, 0.1) is 0 Å². The van der Waals surface area contributed by atoms with Crippen molar-refractivity contribution in [2.45, 2.75) is 18.8 Å². The maximum atomic E-state index is 6.31. The quantitative estimate of drug-likeness (QED) is 0.581. The number of nitrogens with zero attached hydrogens (tertiary/aromatic N) is 3. The summed E-state index contributed by atoms with van der Waals surface area (Å²) in [5, 5.41) is 0.726. The average molecular weight is 385 g/mol. The first-order valence-electron chi connectivity index (χ1n) is 6.44. The van der Waals surface area contributed by atoms with Crippen LogP contribution in [0.15, 0.2) is 41.0 Å². The van der Waals surface area contributed by atoms with Gasteiger partial charge in [-0.2, -0.15) is 0 Å². The second-order valence-electron chi connectivity index (χ2n) is 4.73. The summed E-state index contributed by atoms with van der Waals surface area (Å²) in [5.41, 5.74) is 2.65. The number of hydrogen-bond acceptors (Lipinski definition) is 2. The molecule has 0 fully saturated rings. The maximum Gasteiger partial charge on any atom is 0.160 e. The molecule has 1 unspecified atom stereocenters. The molecule has 0 spiro atoms. The largest absolute Gasteiger partial charge is 0.304 e. The molecule has 2 aromatic heterocycles. The lowest BCUT2D eigenvalue weighted by molar-refractivity contribution is 0.629. The molecule has 0 saturated heterocycles. The number of alkyl halides is 1. The first-order chi connectivity index (χ1) is 10.1. The van der Waals surface area contributed by atoms with Crippen molar-refractivity contribution in [2.75, 3.05) is 0 Å². The van der Waals surface area contributed by atoms with Crippen molar-refractivity contribution in [3.63, 3.8) is 0 Å². The highest BCUT2D eigenvalue weighted by Crippen LogP contribution is 2.30. The predicted octanol–water partition coefficient (Wildman–Crippen LogP) is 5.20. The SMILES string of the molecule is CC(c1ccccc1Cl)n1c(CCl)nc2cc(Br)cnc21. The fraction of sp³-hybridized carbons (Fsp3) is 0.200. The Balaban J connectivity index is 2.21. The number of benzene rings is 1. The smallest absolute Gasteiger partial charge is 0.160 e. The van der Waals surface area contributed by atoms with E-state index < -0.39 is 0 Å². The third-order valence-corrected chi connectivity index (χ3v) is 4.45. The summed E-state index contributed by atoms with van der Waals surface area (Å²) in [6.45, 7) is 2.07. The first kappa shape index (κ1) is 14.8. The van der Waals surface area contributed by atoms with Crippen LogP contribution in [-0.2, 0) is 5.88 Å². The van der Waals surface area contributed by atoms with E-state index in [2.05, 4.69) is 32.8 Å². The number of halogens is 3. The van der Waals surface area contributed by atoms with E-state index in [0.29, 0.717) is 5.88 Å². The molecule has 0 radical (unpaired) electrons. The molecule has 0 bridgehead atoms. The number of rotatable bonds is 3. The monoisotopic (exact) mass is 383 g/mol. The van der Waals surface area contributed by atoms with Gasteiger partial charge in [-0.05, 0) is 40.5 Å². The Kier molecular flexibility index (Phi) is 4.20. The number of imidazole rings is 1. The third kappa shape index (κ3) is 2.68. The first-order valence-corrected chi connectivity index (χ1v) is 8.15. The van der Waals surface area contributed by atoms with Gasteiger partial charge in [0.25, 0.3) is 0 Å². The molecule has 0 aliphatic heterocycles. The fourth-order valence-electron chi connectivity index (χ4n) is 2.46. The van der Waals surface area contributed by atoms with Crippen molar-refractivity contribution in [1.82, 2.24) is 14.5 Å². The molecular formula is C15H12BrCl2N3. The van der Waals surface area contributed by atoms with E-state index in [9.17, 15) is 0 Å². The Labute approximate surface area is 141 Å². The van der Waals surface area contributed by atoms with Crippen molar-refractivity contribution in [3.05, 3.63) is 57.4 Å². The van der Waals surface area contributed by atoms with Crippen molar-refractivity contribution in [1.29, 1.82) is 0 Å². The van der Waals surface area contributed by atoms with Gasteiger partial charge >= 0.3 is 0 Å². The molecule has 1 atom stereocenters. The molecule has 108 valence electrons. The molecule has 3 rings (SSSR count). The van der Waals surface area contributed by atoms with Gasteiger partial charge in [0.2, 0.25) is 0 Å². The lowest BCUT2D eigenvalue weighted by Crippen LogP contribution is -2.11. The highest BCUT2D eigenvalue weighted by molar-refractivity contribution is 9.10. The Morgan fingerprint density at radius 2 is 2.10 bits per heavy atom. The van der Waals surface area contributed by atoms with Gasteiger partial charge in [-0.25, -0.2) is 9.97 Å². The van der Waals surface area contributed by atoms with Gasteiger partial charge in [-0.1, -0.05) is 29.8 Å². The second-order valence-corrected chi connectivity index (χ2v) is 6.32. The van der Waals surface area contributed by atoms with Crippen LogP contribution in [0.2, 0.25) is 5.02 Å². The summed E-state index contributed by atoms with van der Waals surface area (Å²) in [6, 6.07) is 9.73. The molecular weight excluding hydrogens is 373 g/mol. The van der Waals surface area contributed by atoms with Gasteiger partial charge in [0.05, 0.1) is 11.9 Å². The van der Waals surface area contributed by atoms with E-state index in [1.165, 1.54) is 0 Å². The summed E-state index contributed by atoms with van der Waals surface area (Å²) in [6.07, 6.45) is 1.76. The minimum atomic E-state index is 0.00567. The van der Waals surface area contributed by atoms with Crippen LogP contribution in [-0.4, -0.2) is 14.5 Å². The number of aromatic nitrogens is 3. The van der Waals surface area contributed by atoms with Gasteiger partial charge in [0.1, 0.15) is 11.3 Å². The van der Waals surface area contributed by atoms with Crippen molar-refractivity contribution in [3.8, 4) is 0 Å². The van der Waals surface area contributed by atoms with E-state index in [1.54, 1.807) is 6.20 Å². The Hall–Kier alpha value is -1.10. The highest BCUT2D eigenvalue weighted by atomic mass is 79.9. The van der Waals surface area contributed by atoms with Crippen molar-refractivity contribution >= 4 is 50.3 Å². The zero-order valence-electron chi connectivity index (χ0n) is 11.2. The van der Waals surface area contributed by atoms with Crippen LogP contribution < -0.4 is 0 Å². The van der Waals surface area contributed by atoms with Crippen molar-refractivity contribution < 1.29 is 0 Å². The standard InChI is InChI=1S/C15H12BrCl2N3/c1-9(11-4-2-3-5-12(11)18)21-14(7-17)20-13-6-10(16)8-19-15(13)21/h2-6,8-9H,7H2,1H3. The summed E-state index contributed by atoms with van der Waals surface area (Å²) in [4.78, 5) is 9.04. The van der Waals surface area contributed by atoms with E-state index in [1.807, 2.05) is 34.9 Å². The molecule has 3 nitrogen and oxygen atoms in total. The molecule has 1 aromatic carbocycles. The highest BCUT2D eigenvalue weighted by Gasteiger charge is 2.19. The molecule has 0 aliphatic carbocycles. The van der Waals surface area contributed by atoms with Gasteiger partial charge in [-0.3, -0.25) is 0 Å². The molecule has 2 heterocycles.